The topological polar surface area (TPSA) is 29.4 Å². The highest BCUT2D eigenvalue weighted by molar-refractivity contribution is 6.15. The summed E-state index contributed by atoms with van der Waals surface area (Å²) in [7, 11) is 0. The van der Waals surface area contributed by atoms with Gasteiger partial charge < -0.3 is 0 Å². The van der Waals surface area contributed by atoms with Gasteiger partial charge in [-0.25, -0.2) is 0 Å². The first-order chi connectivity index (χ1) is 11.8. The minimum atomic E-state index is 0.194. The summed E-state index contributed by atoms with van der Waals surface area (Å²) in [6.45, 7) is 0. The van der Waals surface area contributed by atoms with Crippen molar-refractivity contribution < 1.29 is 4.79 Å². The third kappa shape index (κ3) is 3.00. The molecular weight excluding hydrogens is 294 g/mol. The monoisotopic (exact) mass is 313 g/mol. The average Bonchev–Trinajstić information content (AvgIpc) is 3.10. The number of aliphatic imine (C=N–C) groups is 1. The average molecular weight is 313 g/mol. The van der Waals surface area contributed by atoms with Gasteiger partial charge >= 0.3 is 0 Å². The van der Waals surface area contributed by atoms with Crippen LogP contribution in [0, 0.1) is 0 Å². The molecule has 0 saturated heterocycles. The van der Waals surface area contributed by atoms with Gasteiger partial charge in [-0.1, -0.05) is 60.2 Å². The van der Waals surface area contributed by atoms with Gasteiger partial charge in [-0.3, -0.25) is 9.79 Å². The van der Waals surface area contributed by atoms with Crippen molar-refractivity contribution in [2.75, 3.05) is 0 Å². The summed E-state index contributed by atoms with van der Waals surface area (Å²) in [5.41, 5.74) is 6.68. The summed E-state index contributed by atoms with van der Waals surface area (Å²) in [4.78, 5) is 16.9. The van der Waals surface area contributed by atoms with E-state index in [0.717, 1.165) is 36.2 Å². The molecule has 2 aromatic carbocycles. The summed E-state index contributed by atoms with van der Waals surface area (Å²) >= 11 is 0. The molecule has 0 unspecified atom stereocenters. The van der Waals surface area contributed by atoms with Gasteiger partial charge in [0.25, 0.3) is 0 Å². The Morgan fingerprint density at radius 3 is 2.50 bits per heavy atom. The van der Waals surface area contributed by atoms with Crippen LogP contribution in [0.15, 0.2) is 77.3 Å². The van der Waals surface area contributed by atoms with Gasteiger partial charge in [0, 0.05) is 17.7 Å². The second-order valence-electron chi connectivity index (χ2n) is 6.35. The molecule has 0 N–H and O–H groups in total. The smallest absolute Gasteiger partial charge is 0.170 e. The van der Waals surface area contributed by atoms with E-state index in [1.54, 1.807) is 0 Å². The van der Waals surface area contributed by atoms with E-state index < -0.39 is 0 Å². The van der Waals surface area contributed by atoms with Crippen LogP contribution in [0.3, 0.4) is 0 Å². The second kappa shape index (κ2) is 6.40. The second-order valence-corrected chi connectivity index (χ2v) is 6.35. The summed E-state index contributed by atoms with van der Waals surface area (Å²) in [6, 6.07) is 18.1. The zero-order valence-corrected chi connectivity index (χ0v) is 13.5. The number of hydrogen-bond acceptors (Lipinski definition) is 2. The molecule has 2 heteroatoms. The van der Waals surface area contributed by atoms with Crippen LogP contribution in [0.2, 0.25) is 0 Å². The molecule has 2 aromatic rings. The van der Waals surface area contributed by atoms with Gasteiger partial charge in [0.1, 0.15) is 0 Å². The fourth-order valence-electron chi connectivity index (χ4n) is 3.35. The third-order valence-corrected chi connectivity index (χ3v) is 4.66. The fourth-order valence-corrected chi connectivity index (χ4v) is 3.35. The number of para-hydroxylation sites is 1. The summed E-state index contributed by atoms with van der Waals surface area (Å²) < 4.78 is 0. The molecule has 1 aliphatic carbocycles. The van der Waals surface area contributed by atoms with Crippen LogP contribution in [0.25, 0.3) is 5.57 Å². The molecule has 1 aliphatic heterocycles. The highest BCUT2D eigenvalue weighted by Gasteiger charge is 2.20. The van der Waals surface area contributed by atoms with E-state index in [2.05, 4.69) is 41.4 Å². The summed E-state index contributed by atoms with van der Waals surface area (Å²) in [6.07, 6.45) is 7.74. The molecule has 1 heterocycles. The van der Waals surface area contributed by atoms with Gasteiger partial charge in [-0.05, 0) is 42.5 Å². The lowest BCUT2D eigenvalue weighted by atomic mass is 9.95. The van der Waals surface area contributed by atoms with Crippen LogP contribution >= 0.6 is 0 Å². The molecule has 0 amide bonds. The van der Waals surface area contributed by atoms with Crippen LogP contribution in [-0.2, 0) is 0 Å². The lowest BCUT2D eigenvalue weighted by Crippen LogP contribution is -2.13. The molecular formula is C22H19NO. The van der Waals surface area contributed by atoms with Gasteiger partial charge in [0.15, 0.2) is 5.78 Å². The molecule has 0 radical (unpaired) electrons. The van der Waals surface area contributed by atoms with E-state index in [1.807, 2.05) is 30.3 Å². The van der Waals surface area contributed by atoms with Crippen molar-refractivity contribution in [3.05, 3.63) is 83.4 Å². The molecule has 24 heavy (non-hydrogen) atoms. The number of carbonyl (C=O) groups is 1. The number of ketones is 1. The lowest BCUT2D eigenvalue weighted by Gasteiger charge is -2.14. The minimum Gasteiger partial charge on any atom is -0.294 e. The van der Waals surface area contributed by atoms with Crippen molar-refractivity contribution in [1.82, 2.24) is 0 Å². The fraction of sp³-hybridized carbons (Fsp3) is 0.182. The maximum absolute atomic E-state index is 12.2. The minimum absolute atomic E-state index is 0.194. The van der Waals surface area contributed by atoms with Crippen molar-refractivity contribution in [1.29, 1.82) is 0 Å². The third-order valence-electron chi connectivity index (χ3n) is 4.66. The van der Waals surface area contributed by atoms with E-state index in [9.17, 15) is 4.79 Å². The predicted octanol–water partition coefficient (Wildman–Crippen LogP) is 5.54. The first-order valence-corrected chi connectivity index (χ1v) is 8.42. The highest BCUT2D eigenvalue weighted by atomic mass is 16.1. The molecule has 2 aliphatic rings. The van der Waals surface area contributed by atoms with Crippen LogP contribution in [0.1, 0.15) is 41.6 Å². The number of nitrogens with zero attached hydrogens (tertiary/aromatic N) is 1. The Bertz CT molecular complexity index is 872. The number of benzene rings is 2. The largest absolute Gasteiger partial charge is 0.294 e. The van der Waals surface area contributed by atoms with Gasteiger partial charge in [-0.2, -0.15) is 0 Å². The molecule has 0 aromatic heterocycles. The van der Waals surface area contributed by atoms with Crippen molar-refractivity contribution in [2.24, 2.45) is 4.99 Å². The van der Waals surface area contributed by atoms with E-state index in [0.29, 0.717) is 6.42 Å². The van der Waals surface area contributed by atoms with Gasteiger partial charge in [-0.15, -0.1) is 0 Å². The SMILES string of the molecule is O=C1CC(CCC2=CC=C(c3ccccc3)C2)=Nc2ccccc21. The molecule has 2 nitrogen and oxygen atoms in total. The van der Waals surface area contributed by atoms with Crippen molar-refractivity contribution in [2.45, 2.75) is 25.7 Å². The molecule has 4 rings (SSSR count). The van der Waals surface area contributed by atoms with E-state index in [4.69, 9.17) is 0 Å². The van der Waals surface area contributed by atoms with Crippen molar-refractivity contribution >= 4 is 22.8 Å². The van der Waals surface area contributed by atoms with Crippen LogP contribution in [0.4, 0.5) is 5.69 Å². The van der Waals surface area contributed by atoms with Crippen LogP contribution < -0.4 is 0 Å². The summed E-state index contributed by atoms with van der Waals surface area (Å²) in [5.74, 6) is 0.194. The van der Waals surface area contributed by atoms with Gasteiger partial charge in [0.2, 0.25) is 0 Å². The zero-order valence-electron chi connectivity index (χ0n) is 13.5. The number of hydrogen-bond donors (Lipinski definition) is 0. The number of Topliss-reactive ketones (excluding diaryl/α,β-unsaturated/α-hetero) is 1. The van der Waals surface area contributed by atoms with Crippen LogP contribution in [0.5, 0.6) is 0 Å². The lowest BCUT2D eigenvalue weighted by molar-refractivity contribution is 0.0999. The first kappa shape index (κ1) is 14.8. The Morgan fingerprint density at radius 2 is 1.62 bits per heavy atom. The maximum atomic E-state index is 12.2. The molecule has 0 saturated carbocycles. The van der Waals surface area contributed by atoms with Gasteiger partial charge in [0.05, 0.1) is 5.69 Å². The number of carbonyl (C=O) groups excluding carboxylic acids is 1. The standard InChI is InChI=1S/C22H19NO/c24-22-15-19(23-21-9-5-4-8-20(21)22)13-11-16-10-12-18(14-16)17-6-2-1-3-7-17/h1-10,12H,11,13-15H2. The molecule has 0 atom stereocenters. The summed E-state index contributed by atoms with van der Waals surface area (Å²) in [5, 5.41) is 0. The molecule has 118 valence electrons. The normalized spacial score (nSPS) is 16.3. The molecule has 0 spiro atoms. The zero-order chi connectivity index (χ0) is 16.4. The van der Waals surface area contributed by atoms with E-state index in [-0.39, 0.29) is 5.78 Å². The Balaban J connectivity index is 1.39. The Hall–Kier alpha value is -2.74. The van der Waals surface area contributed by atoms with E-state index in [1.165, 1.54) is 16.7 Å². The quantitative estimate of drug-likeness (QED) is 0.728. The molecule has 0 fully saturated rings. The number of allylic oxidation sites excluding steroid dienone is 4. The van der Waals surface area contributed by atoms with E-state index >= 15 is 0 Å². The maximum Gasteiger partial charge on any atom is 0.170 e. The number of fused-ring (bicyclic) bond motifs is 1. The number of rotatable bonds is 4. The van der Waals surface area contributed by atoms with Crippen LogP contribution in [-0.4, -0.2) is 11.5 Å². The predicted molar refractivity (Wildman–Crippen MR) is 98.8 cm³/mol. The highest BCUT2D eigenvalue weighted by Crippen LogP contribution is 2.32. The van der Waals surface area contributed by atoms with Crippen molar-refractivity contribution in [3.63, 3.8) is 0 Å². The Kier molecular flexibility index (Phi) is 3.96. The van der Waals surface area contributed by atoms with Crippen molar-refractivity contribution in [3.8, 4) is 0 Å². The first-order valence-electron chi connectivity index (χ1n) is 8.42. The molecule has 0 bridgehead atoms. The Labute approximate surface area is 142 Å². The Morgan fingerprint density at radius 1 is 0.833 bits per heavy atom.